The van der Waals surface area contributed by atoms with Gasteiger partial charge in [-0.1, -0.05) is 11.6 Å². The van der Waals surface area contributed by atoms with Crippen LogP contribution >= 0.6 is 11.6 Å². The monoisotopic (exact) mass is 344 g/mol. The zero-order valence-corrected chi connectivity index (χ0v) is 13.9. The number of aromatic nitrogens is 2. The summed E-state index contributed by atoms with van der Waals surface area (Å²) in [7, 11) is 1.63. The first-order valence-electron chi connectivity index (χ1n) is 7.47. The molecule has 0 aliphatic heterocycles. The number of nitrogens with zero attached hydrogens (tertiary/aromatic N) is 1. The molecule has 0 fully saturated rings. The molecule has 0 spiro atoms. The van der Waals surface area contributed by atoms with Crippen LogP contribution in [-0.2, 0) is 6.42 Å². The van der Waals surface area contributed by atoms with Crippen molar-refractivity contribution in [2.24, 2.45) is 0 Å². The van der Waals surface area contributed by atoms with Crippen molar-refractivity contribution in [1.82, 2.24) is 15.3 Å². The second kappa shape index (κ2) is 7.23. The van der Waals surface area contributed by atoms with Crippen LogP contribution in [0.5, 0.6) is 5.75 Å². The SMILES string of the molecule is COc1ccc2nc(CCNC(=O)Nc3ccc(Cl)cc3)[nH]c2c1. The minimum absolute atomic E-state index is 0.268. The van der Waals surface area contributed by atoms with Crippen LogP contribution in [0.4, 0.5) is 10.5 Å². The Bertz CT molecular complexity index is 845. The molecule has 0 saturated heterocycles. The van der Waals surface area contributed by atoms with Crippen molar-refractivity contribution in [3.63, 3.8) is 0 Å². The zero-order valence-electron chi connectivity index (χ0n) is 13.1. The Labute approximate surface area is 144 Å². The molecule has 0 saturated carbocycles. The number of benzene rings is 2. The van der Waals surface area contributed by atoms with Gasteiger partial charge in [-0.15, -0.1) is 0 Å². The van der Waals surface area contributed by atoms with Crippen molar-refractivity contribution in [2.45, 2.75) is 6.42 Å². The van der Waals surface area contributed by atoms with Gasteiger partial charge in [0.1, 0.15) is 11.6 Å². The summed E-state index contributed by atoms with van der Waals surface area (Å²) < 4.78 is 5.19. The van der Waals surface area contributed by atoms with Gasteiger partial charge in [0, 0.05) is 29.7 Å². The van der Waals surface area contributed by atoms with Crippen LogP contribution in [-0.4, -0.2) is 29.7 Å². The van der Waals surface area contributed by atoms with Crippen molar-refractivity contribution < 1.29 is 9.53 Å². The standard InChI is InChI=1S/C17H17ClN4O2/c1-24-13-6-7-14-15(10-13)22-16(21-14)8-9-19-17(23)20-12-4-2-11(18)3-5-12/h2-7,10H,8-9H2,1H3,(H,21,22)(H2,19,20,23). The number of H-pyrrole nitrogens is 1. The topological polar surface area (TPSA) is 79.0 Å². The Morgan fingerprint density at radius 2 is 2.04 bits per heavy atom. The maximum Gasteiger partial charge on any atom is 0.319 e. The van der Waals surface area contributed by atoms with Gasteiger partial charge < -0.3 is 20.4 Å². The van der Waals surface area contributed by atoms with Crippen LogP contribution in [0.2, 0.25) is 5.02 Å². The number of imidazole rings is 1. The molecule has 3 N–H and O–H groups in total. The van der Waals surface area contributed by atoms with Gasteiger partial charge in [-0.2, -0.15) is 0 Å². The smallest absolute Gasteiger partial charge is 0.319 e. The number of carbonyl (C=O) groups is 1. The maximum atomic E-state index is 11.8. The summed E-state index contributed by atoms with van der Waals surface area (Å²) in [5, 5.41) is 6.16. The first-order chi connectivity index (χ1) is 11.6. The average molecular weight is 345 g/mol. The summed E-state index contributed by atoms with van der Waals surface area (Å²) in [4.78, 5) is 19.5. The number of carbonyl (C=O) groups excluding carboxylic acids is 1. The first kappa shape index (κ1) is 16.1. The van der Waals surface area contributed by atoms with Crippen molar-refractivity contribution in [1.29, 1.82) is 0 Å². The molecule has 24 heavy (non-hydrogen) atoms. The number of urea groups is 1. The highest BCUT2D eigenvalue weighted by Crippen LogP contribution is 2.18. The molecule has 0 atom stereocenters. The third-order valence-corrected chi connectivity index (χ3v) is 3.74. The van der Waals surface area contributed by atoms with Gasteiger partial charge in [-0.05, 0) is 36.4 Å². The summed E-state index contributed by atoms with van der Waals surface area (Å²) in [6.07, 6.45) is 0.602. The molecule has 0 unspecified atom stereocenters. The molecule has 7 heteroatoms. The fourth-order valence-corrected chi connectivity index (χ4v) is 2.42. The van der Waals surface area contributed by atoms with Gasteiger partial charge in [-0.3, -0.25) is 0 Å². The highest BCUT2D eigenvalue weighted by molar-refractivity contribution is 6.30. The van der Waals surface area contributed by atoms with Gasteiger partial charge >= 0.3 is 6.03 Å². The molecule has 2 amide bonds. The largest absolute Gasteiger partial charge is 0.497 e. The predicted molar refractivity (Wildman–Crippen MR) is 94.8 cm³/mol. The Hall–Kier alpha value is -2.73. The number of methoxy groups -OCH3 is 1. The number of amides is 2. The lowest BCUT2D eigenvalue weighted by molar-refractivity contribution is 0.252. The Kier molecular flexibility index (Phi) is 4.86. The molecule has 2 aromatic carbocycles. The molecule has 3 rings (SSSR count). The van der Waals surface area contributed by atoms with E-state index in [2.05, 4.69) is 20.6 Å². The second-order valence-electron chi connectivity index (χ2n) is 5.20. The maximum absolute atomic E-state index is 11.8. The van der Waals surface area contributed by atoms with E-state index >= 15 is 0 Å². The fourth-order valence-electron chi connectivity index (χ4n) is 2.29. The summed E-state index contributed by atoms with van der Waals surface area (Å²) in [6, 6.07) is 12.3. The predicted octanol–water partition coefficient (Wildman–Crippen LogP) is 3.59. The second-order valence-corrected chi connectivity index (χ2v) is 5.64. The van der Waals surface area contributed by atoms with Crippen LogP contribution in [0.1, 0.15) is 5.82 Å². The Morgan fingerprint density at radius 3 is 2.79 bits per heavy atom. The van der Waals surface area contributed by atoms with Crippen molar-refractivity contribution in [2.75, 3.05) is 19.0 Å². The van der Waals surface area contributed by atoms with Gasteiger partial charge in [-0.25, -0.2) is 9.78 Å². The molecule has 1 heterocycles. The third kappa shape index (κ3) is 3.97. The van der Waals surface area contributed by atoms with Gasteiger partial charge in [0.2, 0.25) is 0 Å². The number of aromatic amines is 1. The molecule has 0 radical (unpaired) electrons. The average Bonchev–Trinajstić information content (AvgIpc) is 2.98. The zero-order chi connectivity index (χ0) is 16.9. The lowest BCUT2D eigenvalue weighted by Gasteiger charge is -2.06. The van der Waals surface area contributed by atoms with E-state index in [0.29, 0.717) is 23.7 Å². The number of fused-ring (bicyclic) bond motifs is 1. The molecule has 0 bridgehead atoms. The Balaban J connectivity index is 1.52. The van der Waals surface area contributed by atoms with Crippen LogP contribution in [0.15, 0.2) is 42.5 Å². The van der Waals surface area contributed by atoms with E-state index in [9.17, 15) is 4.79 Å². The lowest BCUT2D eigenvalue weighted by Crippen LogP contribution is -2.30. The minimum atomic E-state index is -0.268. The number of halogens is 1. The van der Waals surface area contributed by atoms with Crippen molar-refractivity contribution in [3.8, 4) is 5.75 Å². The number of ether oxygens (including phenoxy) is 1. The van der Waals surface area contributed by atoms with E-state index in [4.69, 9.17) is 16.3 Å². The molecular weight excluding hydrogens is 328 g/mol. The number of nitrogens with one attached hydrogen (secondary N) is 3. The van der Waals surface area contributed by atoms with Crippen LogP contribution in [0, 0.1) is 0 Å². The van der Waals surface area contributed by atoms with E-state index in [1.165, 1.54) is 0 Å². The summed E-state index contributed by atoms with van der Waals surface area (Å²) in [5.41, 5.74) is 2.47. The quantitative estimate of drug-likeness (QED) is 0.661. The number of rotatable bonds is 5. The van der Waals surface area contributed by atoms with Gasteiger partial charge in [0.15, 0.2) is 0 Å². The molecule has 0 aliphatic carbocycles. The van der Waals surface area contributed by atoms with Crippen molar-refractivity contribution in [3.05, 3.63) is 53.3 Å². The molecular formula is C17H17ClN4O2. The van der Waals surface area contributed by atoms with E-state index in [-0.39, 0.29) is 6.03 Å². The highest BCUT2D eigenvalue weighted by atomic mass is 35.5. The van der Waals surface area contributed by atoms with Crippen LogP contribution in [0.25, 0.3) is 11.0 Å². The number of anilines is 1. The van der Waals surface area contributed by atoms with Gasteiger partial charge in [0.25, 0.3) is 0 Å². The van der Waals surface area contributed by atoms with E-state index in [0.717, 1.165) is 22.6 Å². The lowest BCUT2D eigenvalue weighted by atomic mass is 10.3. The van der Waals surface area contributed by atoms with E-state index in [1.807, 2.05) is 18.2 Å². The van der Waals surface area contributed by atoms with Crippen molar-refractivity contribution >= 4 is 34.4 Å². The normalized spacial score (nSPS) is 10.6. The summed E-state index contributed by atoms with van der Waals surface area (Å²) in [5.74, 6) is 1.59. The minimum Gasteiger partial charge on any atom is -0.497 e. The summed E-state index contributed by atoms with van der Waals surface area (Å²) >= 11 is 5.81. The molecule has 124 valence electrons. The molecule has 3 aromatic rings. The Morgan fingerprint density at radius 1 is 1.25 bits per heavy atom. The van der Waals surface area contributed by atoms with E-state index in [1.54, 1.807) is 31.4 Å². The molecule has 6 nitrogen and oxygen atoms in total. The first-order valence-corrected chi connectivity index (χ1v) is 7.85. The van der Waals surface area contributed by atoms with Crippen LogP contribution in [0.3, 0.4) is 0 Å². The number of hydrogen-bond donors (Lipinski definition) is 3. The van der Waals surface area contributed by atoms with E-state index < -0.39 is 0 Å². The molecule has 1 aromatic heterocycles. The highest BCUT2D eigenvalue weighted by Gasteiger charge is 2.06. The summed E-state index contributed by atoms with van der Waals surface area (Å²) in [6.45, 7) is 0.469. The van der Waals surface area contributed by atoms with Crippen LogP contribution < -0.4 is 15.4 Å². The third-order valence-electron chi connectivity index (χ3n) is 3.49. The fraction of sp³-hybridized carbons (Fsp3) is 0.176. The number of hydrogen-bond acceptors (Lipinski definition) is 3. The molecule has 0 aliphatic rings. The van der Waals surface area contributed by atoms with Gasteiger partial charge in [0.05, 0.1) is 18.1 Å².